The number of alkyl halides is 3. The van der Waals surface area contributed by atoms with Gasteiger partial charge in [-0.25, -0.2) is 0 Å². The van der Waals surface area contributed by atoms with E-state index in [0.717, 1.165) is 19.3 Å². The summed E-state index contributed by atoms with van der Waals surface area (Å²) in [7, 11) is 1.52. The lowest BCUT2D eigenvalue weighted by Gasteiger charge is -2.43. The number of methoxy groups -OCH3 is 1. The van der Waals surface area contributed by atoms with Crippen molar-refractivity contribution in [1.29, 1.82) is 0 Å². The monoisotopic (exact) mass is 240 g/mol. The van der Waals surface area contributed by atoms with Gasteiger partial charge >= 0.3 is 6.18 Å². The van der Waals surface area contributed by atoms with E-state index in [1.54, 1.807) is 0 Å². The maximum atomic E-state index is 12.2. The zero-order valence-electron chi connectivity index (χ0n) is 9.44. The van der Waals surface area contributed by atoms with Crippen LogP contribution in [-0.4, -0.2) is 38.0 Å². The predicted molar refractivity (Wildman–Crippen MR) is 55.1 cm³/mol. The minimum Gasteiger partial charge on any atom is -0.379 e. The van der Waals surface area contributed by atoms with E-state index in [1.807, 2.05) is 0 Å². The number of nitrogens with two attached hydrogens (primary N) is 1. The molecule has 2 atom stereocenters. The lowest BCUT2D eigenvalue weighted by molar-refractivity contribution is -0.134. The smallest absolute Gasteiger partial charge is 0.379 e. The van der Waals surface area contributed by atoms with Gasteiger partial charge in [-0.15, -0.1) is 0 Å². The van der Waals surface area contributed by atoms with Crippen molar-refractivity contribution in [2.45, 2.75) is 43.5 Å². The molecule has 0 aromatic rings. The first-order chi connectivity index (χ1) is 7.43. The Balaban J connectivity index is 2.66. The molecule has 0 heterocycles. The topological polar surface area (TPSA) is 47.3 Å². The Kier molecular flexibility index (Phi) is 4.58. The van der Waals surface area contributed by atoms with Gasteiger partial charge in [0.1, 0.15) is 0 Å². The second-order valence-corrected chi connectivity index (χ2v) is 4.30. The Hall–Kier alpha value is -0.330. The minimum absolute atomic E-state index is 0.168. The third kappa shape index (κ3) is 3.33. The summed E-state index contributed by atoms with van der Waals surface area (Å²) in [6.07, 6.45) is -1.17. The molecule has 0 amide bonds. The van der Waals surface area contributed by atoms with Crippen LogP contribution in [0.3, 0.4) is 0 Å². The van der Waals surface area contributed by atoms with E-state index in [4.69, 9.17) is 10.5 Å². The second kappa shape index (κ2) is 5.33. The fourth-order valence-electron chi connectivity index (χ4n) is 2.34. The van der Waals surface area contributed by atoms with Gasteiger partial charge in [0, 0.05) is 13.7 Å². The van der Waals surface area contributed by atoms with E-state index in [0.29, 0.717) is 6.42 Å². The van der Waals surface area contributed by atoms with E-state index >= 15 is 0 Å². The standard InChI is InChI=1S/C10H19F3N2O/c1-16-8-4-2-3-5-9(8,6-14)15-7-10(11,12)13/h8,15H,2-7,14H2,1H3. The number of halogens is 3. The molecular formula is C10H19F3N2O. The van der Waals surface area contributed by atoms with E-state index in [9.17, 15) is 13.2 Å². The molecule has 0 aliphatic heterocycles. The van der Waals surface area contributed by atoms with Crippen LogP contribution in [0.5, 0.6) is 0 Å². The lowest BCUT2D eigenvalue weighted by Crippen LogP contribution is -2.62. The van der Waals surface area contributed by atoms with Crippen LogP contribution in [-0.2, 0) is 4.74 Å². The molecule has 1 rings (SSSR count). The Morgan fingerprint density at radius 3 is 2.62 bits per heavy atom. The summed E-state index contributed by atoms with van der Waals surface area (Å²) in [4.78, 5) is 0. The first kappa shape index (κ1) is 13.7. The Bertz CT molecular complexity index is 223. The molecule has 3 nitrogen and oxygen atoms in total. The maximum absolute atomic E-state index is 12.2. The minimum atomic E-state index is -4.21. The molecule has 0 aromatic carbocycles. The third-order valence-electron chi connectivity index (χ3n) is 3.25. The van der Waals surface area contributed by atoms with Gasteiger partial charge in [-0.3, -0.25) is 5.32 Å². The number of hydrogen-bond donors (Lipinski definition) is 2. The van der Waals surface area contributed by atoms with Crippen molar-refractivity contribution < 1.29 is 17.9 Å². The molecule has 1 saturated carbocycles. The van der Waals surface area contributed by atoms with Crippen molar-refractivity contribution >= 4 is 0 Å². The van der Waals surface area contributed by atoms with Gasteiger partial charge in [-0.1, -0.05) is 12.8 Å². The number of ether oxygens (including phenoxy) is 1. The zero-order valence-corrected chi connectivity index (χ0v) is 9.44. The highest BCUT2D eigenvalue weighted by molar-refractivity contribution is 4.99. The Morgan fingerprint density at radius 2 is 2.12 bits per heavy atom. The van der Waals surface area contributed by atoms with E-state index in [2.05, 4.69) is 5.32 Å². The normalized spacial score (nSPS) is 31.7. The van der Waals surface area contributed by atoms with Crippen molar-refractivity contribution in [3.05, 3.63) is 0 Å². The van der Waals surface area contributed by atoms with Crippen LogP contribution in [0.15, 0.2) is 0 Å². The van der Waals surface area contributed by atoms with Crippen molar-refractivity contribution in [2.75, 3.05) is 20.2 Å². The predicted octanol–water partition coefficient (Wildman–Crippen LogP) is 1.42. The van der Waals surface area contributed by atoms with Crippen LogP contribution < -0.4 is 11.1 Å². The van der Waals surface area contributed by atoms with Gasteiger partial charge in [-0.05, 0) is 12.8 Å². The van der Waals surface area contributed by atoms with Gasteiger partial charge < -0.3 is 10.5 Å². The van der Waals surface area contributed by atoms with Crippen LogP contribution in [0.1, 0.15) is 25.7 Å². The molecule has 0 saturated heterocycles. The SMILES string of the molecule is COC1CCCCC1(CN)NCC(F)(F)F. The molecule has 1 fully saturated rings. The first-order valence-corrected chi connectivity index (χ1v) is 5.48. The fourth-order valence-corrected chi connectivity index (χ4v) is 2.34. The van der Waals surface area contributed by atoms with Crippen molar-refractivity contribution in [3.8, 4) is 0 Å². The van der Waals surface area contributed by atoms with Gasteiger partial charge in [0.05, 0.1) is 18.2 Å². The third-order valence-corrected chi connectivity index (χ3v) is 3.25. The lowest BCUT2D eigenvalue weighted by atomic mass is 9.79. The average Bonchev–Trinajstić information content (AvgIpc) is 2.25. The van der Waals surface area contributed by atoms with Crippen molar-refractivity contribution in [2.24, 2.45) is 5.73 Å². The van der Waals surface area contributed by atoms with Crippen LogP contribution in [0.4, 0.5) is 13.2 Å². The molecule has 1 aliphatic rings. The summed E-state index contributed by atoms with van der Waals surface area (Å²) in [6, 6.07) is 0. The van der Waals surface area contributed by atoms with Gasteiger partial charge in [-0.2, -0.15) is 13.2 Å². The Morgan fingerprint density at radius 1 is 1.44 bits per heavy atom. The molecule has 0 aromatic heterocycles. The van der Waals surface area contributed by atoms with Crippen LogP contribution in [0.25, 0.3) is 0 Å². The highest BCUT2D eigenvalue weighted by Gasteiger charge is 2.42. The molecule has 0 radical (unpaired) electrons. The quantitative estimate of drug-likeness (QED) is 0.781. The van der Waals surface area contributed by atoms with Crippen LogP contribution in [0.2, 0.25) is 0 Å². The summed E-state index contributed by atoms with van der Waals surface area (Å²) in [6.45, 7) is -0.842. The van der Waals surface area contributed by atoms with E-state index in [1.165, 1.54) is 7.11 Å². The van der Waals surface area contributed by atoms with Crippen LogP contribution >= 0.6 is 0 Å². The van der Waals surface area contributed by atoms with Gasteiger partial charge in [0.25, 0.3) is 0 Å². The maximum Gasteiger partial charge on any atom is 0.401 e. The molecule has 96 valence electrons. The summed E-state index contributed by atoms with van der Waals surface area (Å²) in [5.41, 5.74) is 4.90. The molecular weight excluding hydrogens is 221 g/mol. The summed E-state index contributed by atoms with van der Waals surface area (Å²) < 4.78 is 41.9. The number of hydrogen-bond acceptors (Lipinski definition) is 3. The van der Waals surface area contributed by atoms with Gasteiger partial charge in [0.15, 0.2) is 0 Å². The van der Waals surface area contributed by atoms with E-state index in [-0.39, 0.29) is 12.6 Å². The van der Waals surface area contributed by atoms with Crippen LogP contribution in [0, 0.1) is 0 Å². The highest BCUT2D eigenvalue weighted by Crippen LogP contribution is 2.30. The first-order valence-electron chi connectivity index (χ1n) is 5.48. The average molecular weight is 240 g/mol. The molecule has 0 spiro atoms. The molecule has 3 N–H and O–H groups in total. The summed E-state index contributed by atoms with van der Waals surface area (Å²) in [5, 5.41) is 2.55. The summed E-state index contributed by atoms with van der Waals surface area (Å²) in [5.74, 6) is 0. The van der Waals surface area contributed by atoms with Crippen molar-refractivity contribution in [1.82, 2.24) is 5.32 Å². The highest BCUT2D eigenvalue weighted by atomic mass is 19.4. The van der Waals surface area contributed by atoms with Crippen molar-refractivity contribution in [3.63, 3.8) is 0 Å². The molecule has 16 heavy (non-hydrogen) atoms. The fraction of sp³-hybridized carbons (Fsp3) is 1.00. The number of nitrogens with one attached hydrogen (secondary N) is 1. The summed E-state index contributed by atoms with van der Waals surface area (Å²) >= 11 is 0. The molecule has 0 bridgehead atoms. The Labute approximate surface area is 93.5 Å². The largest absolute Gasteiger partial charge is 0.401 e. The molecule has 2 unspecified atom stereocenters. The number of rotatable bonds is 4. The second-order valence-electron chi connectivity index (χ2n) is 4.30. The zero-order chi connectivity index (χ0) is 12.2. The molecule has 6 heteroatoms. The van der Waals surface area contributed by atoms with Gasteiger partial charge in [0.2, 0.25) is 0 Å². The van der Waals surface area contributed by atoms with E-state index < -0.39 is 18.3 Å². The molecule has 1 aliphatic carbocycles.